The highest BCUT2D eigenvalue weighted by molar-refractivity contribution is 6.02. The zero-order valence-electron chi connectivity index (χ0n) is 10.2. The van der Waals surface area contributed by atoms with Gasteiger partial charge in [0, 0.05) is 5.56 Å². The number of aliphatic hydroxyl groups is 1. The van der Waals surface area contributed by atoms with Gasteiger partial charge in [0.2, 0.25) is 0 Å². The fourth-order valence-corrected chi connectivity index (χ4v) is 1.68. The molecule has 0 aliphatic heterocycles. The normalized spacial score (nSPS) is 12.6. The van der Waals surface area contributed by atoms with Crippen LogP contribution in [0.1, 0.15) is 42.6 Å². The molecule has 0 aliphatic carbocycles. The van der Waals surface area contributed by atoms with E-state index in [0.717, 1.165) is 12.1 Å². The smallest absolute Gasteiger partial charge is 0.382 e. The molecular formula is C13H15F3O2. The summed E-state index contributed by atoms with van der Waals surface area (Å²) in [7, 11) is 0. The Kier molecular flexibility index (Phi) is 4.16. The number of carbonyl (C=O) groups is 1. The first-order valence-electron chi connectivity index (χ1n) is 5.69. The second-order valence-electron chi connectivity index (χ2n) is 4.15. The number of ketones is 1. The molecule has 0 spiro atoms. The van der Waals surface area contributed by atoms with Crippen molar-refractivity contribution in [3.05, 3.63) is 35.4 Å². The van der Waals surface area contributed by atoms with Crippen molar-refractivity contribution in [2.24, 2.45) is 0 Å². The highest BCUT2D eigenvalue weighted by atomic mass is 19.4. The van der Waals surface area contributed by atoms with Gasteiger partial charge in [-0.15, -0.1) is 0 Å². The van der Waals surface area contributed by atoms with Crippen LogP contribution in [0.2, 0.25) is 0 Å². The SMILES string of the molecule is CCC(O)(CC)C(=O)c1cccc(C(F)(F)F)c1. The van der Waals surface area contributed by atoms with Crippen LogP contribution in [0, 0.1) is 0 Å². The van der Waals surface area contributed by atoms with Gasteiger partial charge in [0.25, 0.3) is 0 Å². The van der Waals surface area contributed by atoms with Crippen LogP contribution in [0.4, 0.5) is 13.2 Å². The number of carbonyl (C=O) groups excluding carboxylic acids is 1. The first kappa shape index (κ1) is 14.7. The lowest BCUT2D eigenvalue weighted by Gasteiger charge is -2.23. The van der Waals surface area contributed by atoms with Crippen LogP contribution in [0.5, 0.6) is 0 Å². The molecule has 0 amide bonds. The lowest BCUT2D eigenvalue weighted by molar-refractivity contribution is -0.137. The summed E-state index contributed by atoms with van der Waals surface area (Å²) in [6.07, 6.45) is -4.16. The molecule has 2 nitrogen and oxygen atoms in total. The summed E-state index contributed by atoms with van der Waals surface area (Å²) in [5, 5.41) is 10.0. The topological polar surface area (TPSA) is 37.3 Å². The van der Waals surface area contributed by atoms with E-state index in [4.69, 9.17) is 0 Å². The number of halogens is 3. The van der Waals surface area contributed by atoms with Crippen molar-refractivity contribution in [2.75, 3.05) is 0 Å². The molecule has 100 valence electrons. The van der Waals surface area contributed by atoms with E-state index in [2.05, 4.69) is 0 Å². The van der Waals surface area contributed by atoms with E-state index in [-0.39, 0.29) is 18.4 Å². The summed E-state index contributed by atoms with van der Waals surface area (Å²) in [5.74, 6) is -0.668. The molecule has 0 bridgehead atoms. The molecule has 0 heterocycles. The molecule has 18 heavy (non-hydrogen) atoms. The first-order valence-corrected chi connectivity index (χ1v) is 5.69. The Morgan fingerprint density at radius 1 is 1.22 bits per heavy atom. The van der Waals surface area contributed by atoms with Crippen LogP contribution >= 0.6 is 0 Å². The highest BCUT2D eigenvalue weighted by Crippen LogP contribution is 2.31. The van der Waals surface area contributed by atoms with Gasteiger partial charge in [-0.1, -0.05) is 26.0 Å². The van der Waals surface area contributed by atoms with Crippen LogP contribution < -0.4 is 0 Å². The number of alkyl halides is 3. The number of rotatable bonds is 4. The third kappa shape index (κ3) is 2.90. The minimum atomic E-state index is -4.49. The molecule has 0 aromatic heterocycles. The van der Waals surface area contributed by atoms with Crippen molar-refractivity contribution in [3.63, 3.8) is 0 Å². The van der Waals surface area contributed by atoms with Crippen molar-refractivity contribution < 1.29 is 23.1 Å². The molecule has 1 rings (SSSR count). The van der Waals surface area contributed by atoms with Crippen LogP contribution in [-0.2, 0) is 6.18 Å². The molecular weight excluding hydrogens is 245 g/mol. The summed E-state index contributed by atoms with van der Waals surface area (Å²) < 4.78 is 37.6. The Morgan fingerprint density at radius 2 is 1.78 bits per heavy atom. The van der Waals surface area contributed by atoms with Crippen LogP contribution in [0.25, 0.3) is 0 Å². The van der Waals surface area contributed by atoms with Crippen LogP contribution in [0.15, 0.2) is 24.3 Å². The van der Waals surface area contributed by atoms with Crippen molar-refractivity contribution >= 4 is 5.78 Å². The van der Waals surface area contributed by atoms with Gasteiger partial charge in [0.05, 0.1) is 5.56 Å². The Bertz CT molecular complexity index is 434. The molecule has 5 heteroatoms. The fraction of sp³-hybridized carbons (Fsp3) is 0.462. The Balaban J connectivity index is 3.15. The van der Waals surface area contributed by atoms with Crippen molar-refractivity contribution in [1.29, 1.82) is 0 Å². The summed E-state index contributed by atoms with van der Waals surface area (Å²) >= 11 is 0. The molecule has 0 radical (unpaired) electrons. The van der Waals surface area contributed by atoms with E-state index in [0.29, 0.717) is 0 Å². The summed E-state index contributed by atoms with van der Waals surface area (Å²) in [6, 6.07) is 4.13. The minimum Gasteiger partial charge on any atom is -0.382 e. The van der Waals surface area contributed by atoms with Crippen molar-refractivity contribution in [3.8, 4) is 0 Å². The first-order chi connectivity index (χ1) is 8.24. The van der Waals surface area contributed by atoms with E-state index < -0.39 is 23.1 Å². The highest BCUT2D eigenvalue weighted by Gasteiger charge is 2.35. The third-order valence-electron chi connectivity index (χ3n) is 3.04. The standard InChI is InChI=1S/C13H15F3O2/c1-3-12(18,4-2)11(17)9-6-5-7-10(8-9)13(14,15)16/h5-8,18H,3-4H2,1-2H3. The van der Waals surface area contributed by atoms with E-state index in [1.807, 2.05) is 0 Å². The van der Waals surface area contributed by atoms with E-state index in [1.54, 1.807) is 13.8 Å². The van der Waals surface area contributed by atoms with Gasteiger partial charge >= 0.3 is 6.18 Å². The monoisotopic (exact) mass is 260 g/mol. The Morgan fingerprint density at radius 3 is 2.22 bits per heavy atom. The molecule has 0 fully saturated rings. The Labute approximate surface area is 103 Å². The van der Waals surface area contributed by atoms with Crippen molar-refractivity contribution in [2.45, 2.75) is 38.5 Å². The molecule has 1 aromatic carbocycles. The van der Waals surface area contributed by atoms with Gasteiger partial charge < -0.3 is 5.11 Å². The predicted molar refractivity (Wildman–Crippen MR) is 61.3 cm³/mol. The van der Waals surface area contributed by atoms with Crippen LogP contribution in [0.3, 0.4) is 0 Å². The molecule has 0 unspecified atom stereocenters. The average molecular weight is 260 g/mol. The summed E-state index contributed by atoms with van der Waals surface area (Å²) in [4.78, 5) is 12.0. The van der Waals surface area contributed by atoms with E-state index in [9.17, 15) is 23.1 Å². The molecule has 0 saturated heterocycles. The van der Waals surface area contributed by atoms with E-state index in [1.165, 1.54) is 12.1 Å². The van der Waals surface area contributed by atoms with Gasteiger partial charge in [0.1, 0.15) is 5.60 Å². The zero-order chi connectivity index (χ0) is 14.0. The van der Waals surface area contributed by atoms with Gasteiger partial charge in [-0.05, 0) is 25.0 Å². The third-order valence-corrected chi connectivity index (χ3v) is 3.04. The van der Waals surface area contributed by atoms with Gasteiger partial charge in [-0.25, -0.2) is 0 Å². The molecule has 0 atom stereocenters. The molecule has 1 aromatic rings. The largest absolute Gasteiger partial charge is 0.416 e. The lowest BCUT2D eigenvalue weighted by atomic mass is 9.87. The van der Waals surface area contributed by atoms with Crippen molar-refractivity contribution in [1.82, 2.24) is 0 Å². The fourth-order valence-electron chi connectivity index (χ4n) is 1.68. The maximum absolute atomic E-state index is 12.5. The number of benzene rings is 1. The maximum Gasteiger partial charge on any atom is 0.416 e. The summed E-state index contributed by atoms with van der Waals surface area (Å²) in [6.45, 7) is 3.24. The van der Waals surface area contributed by atoms with E-state index >= 15 is 0 Å². The number of Topliss-reactive ketones (excluding diaryl/α,β-unsaturated/α-hetero) is 1. The predicted octanol–water partition coefficient (Wildman–Crippen LogP) is 3.44. The zero-order valence-corrected chi connectivity index (χ0v) is 10.2. The van der Waals surface area contributed by atoms with Crippen LogP contribution in [-0.4, -0.2) is 16.5 Å². The number of hydrogen-bond acceptors (Lipinski definition) is 2. The second-order valence-corrected chi connectivity index (χ2v) is 4.15. The van der Waals surface area contributed by atoms with Gasteiger partial charge in [-0.2, -0.15) is 13.2 Å². The molecule has 0 aliphatic rings. The minimum absolute atomic E-state index is 0.115. The number of hydrogen-bond donors (Lipinski definition) is 1. The second kappa shape index (κ2) is 5.10. The lowest BCUT2D eigenvalue weighted by Crippen LogP contribution is -2.37. The quantitative estimate of drug-likeness (QED) is 0.842. The Hall–Kier alpha value is -1.36. The molecule has 1 N–H and O–H groups in total. The average Bonchev–Trinajstić information content (AvgIpc) is 2.36. The molecule has 0 saturated carbocycles. The van der Waals surface area contributed by atoms with Gasteiger partial charge in [-0.3, -0.25) is 4.79 Å². The maximum atomic E-state index is 12.5. The summed E-state index contributed by atoms with van der Waals surface area (Å²) in [5.41, 5.74) is -2.59. The van der Waals surface area contributed by atoms with Gasteiger partial charge in [0.15, 0.2) is 5.78 Å².